The Labute approximate surface area is 219 Å². The van der Waals surface area contributed by atoms with Crippen LogP contribution in [-0.2, 0) is 22.6 Å². The maximum atomic E-state index is 13.7. The molecule has 3 aromatic carbocycles. The van der Waals surface area contributed by atoms with Crippen LogP contribution in [0.15, 0.2) is 91.1 Å². The molecule has 1 heterocycles. The van der Waals surface area contributed by atoms with Crippen LogP contribution in [0.2, 0.25) is 0 Å². The number of hydrogen-bond acceptors (Lipinski definition) is 3. The van der Waals surface area contributed by atoms with Crippen molar-refractivity contribution in [1.29, 1.82) is 0 Å². The number of fused-ring (bicyclic) bond motifs is 1. The normalized spacial score (nSPS) is 11.1. The maximum Gasteiger partial charge on any atom is 0.255 e. The van der Waals surface area contributed by atoms with Crippen LogP contribution in [0.25, 0.3) is 10.8 Å². The molecule has 6 nitrogen and oxygen atoms in total. The topological polar surface area (TPSA) is 54.8 Å². The molecular formula is C31H35N3O3. The van der Waals surface area contributed by atoms with Gasteiger partial charge in [-0.3, -0.25) is 9.59 Å². The Morgan fingerprint density at radius 3 is 2.38 bits per heavy atom. The van der Waals surface area contributed by atoms with Gasteiger partial charge in [0, 0.05) is 43.7 Å². The van der Waals surface area contributed by atoms with Crippen molar-refractivity contribution < 1.29 is 14.3 Å². The number of hydrogen-bond donors (Lipinski definition) is 0. The summed E-state index contributed by atoms with van der Waals surface area (Å²) in [4.78, 5) is 30.7. The summed E-state index contributed by atoms with van der Waals surface area (Å²) in [5.74, 6) is -0.244. The molecule has 0 spiro atoms. The number of rotatable bonds is 11. The van der Waals surface area contributed by atoms with Crippen molar-refractivity contribution >= 4 is 22.6 Å². The minimum Gasteiger partial charge on any atom is -0.383 e. The van der Waals surface area contributed by atoms with E-state index in [2.05, 4.69) is 16.7 Å². The van der Waals surface area contributed by atoms with Gasteiger partial charge in [-0.1, -0.05) is 66.7 Å². The van der Waals surface area contributed by atoms with Gasteiger partial charge < -0.3 is 19.1 Å². The first-order valence-electron chi connectivity index (χ1n) is 12.7. The molecular weight excluding hydrogens is 462 g/mol. The molecule has 0 fully saturated rings. The lowest BCUT2D eigenvalue weighted by atomic mass is 10.0. The second-order valence-electron chi connectivity index (χ2n) is 9.47. The van der Waals surface area contributed by atoms with Crippen LogP contribution in [0.1, 0.15) is 35.5 Å². The van der Waals surface area contributed by atoms with Crippen LogP contribution in [0.5, 0.6) is 0 Å². The highest BCUT2D eigenvalue weighted by Gasteiger charge is 2.26. The Balaban J connectivity index is 1.54. The van der Waals surface area contributed by atoms with E-state index in [1.807, 2.05) is 92.8 Å². The van der Waals surface area contributed by atoms with Gasteiger partial charge in [0.15, 0.2) is 0 Å². The monoisotopic (exact) mass is 497 g/mol. The van der Waals surface area contributed by atoms with E-state index < -0.39 is 0 Å². The second-order valence-corrected chi connectivity index (χ2v) is 9.47. The Kier molecular flexibility index (Phi) is 8.75. The van der Waals surface area contributed by atoms with E-state index in [1.54, 1.807) is 16.9 Å². The fraction of sp³-hybridized carbons (Fsp3) is 0.290. The third kappa shape index (κ3) is 6.46. The average Bonchev–Trinajstić information content (AvgIpc) is 3.35. The quantitative estimate of drug-likeness (QED) is 0.286. The molecule has 1 aromatic heterocycles. The zero-order valence-electron chi connectivity index (χ0n) is 21.8. The summed E-state index contributed by atoms with van der Waals surface area (Å²) in [5.41, 5.74) is 2.84. The van der Waals surface area contributed by atoms with E-state index in [-0.39, 0.29) is 24.4 Å². The lowest BCUT2D eigenvalue weighted by molar-refractivity contribution is -0.133. The molecule has 0 saturated carbocycles. The molecule has 0 aliphatic carbocycles. The Bertz CT molecular complexity index is 1320. The van der Waals surface area contributed by atoms with Gasteiger partial charge in [-0.05, 0) is 48.4 Å². The summed E-state index contributed by atoms with van der Waals surface area (Å²) in [7, 11) is 1.63. The second kappa shape index (κ2) is 12.4. The van der Waals surface area contributed by atoms with Crippen molar-refractivity contribution in [2.24, 2.45) is 0 Å². The molecule has 192 valence electrons. The smallest absolute Gasteiger partial charge is 0.255 e. The molecule has 0 atom stereocenters. The molecule has 0 N–H and O–H groups in total. The summed E-state index contributed by atoms with van der Waals surface area (Å²) < 4.78 is 7.46. The van der Waals surface area contributed by atoms with E-state index in [1.165, 1.54) is 5.56 Å². The van der Waals surface area contributed by atoms with E-state index >= 15 is 0 Å². The van der Waals surface area contributed by atoms with Gasteiger partial charge in [-0.2, -0.15) is 0 Å². The summed E-state index contributed by atoms with van der Waals surface area (Å²) in [6.07, 6.45) is 2.03. The van der Waals surface area contributed by atoms with Crippen LogP contribution in [-0.4, -0.2) is 59.0 Å². The first-order chi connectivity index (χ1) is 18.0. The van der Waals surface area contributed by atoms with Crippen molar-refractivity contribution in [1.82, 2.24) is 14.4 Å². The number of ether oxygens (including phenoxy) is 1. The van der Waals surface area contributed by atoms with Crippen molar-refractivity contribution in [3.05, 3.63) is 108 Å². The fourth-order valence-corrected chi connectivity index (χ4v) is 4.52. The first-order valence-corrected chi connectivity index (χ1v) is 12.7. The minimum absolute atomic E-state index is 0.00281. The highest BCUT2D eigenvalue weighted by molar-refractivity contribution is 6.07. The summed E-state index contributed by atoms with van der Waals surface area (Å²) in [6.45, 7) is 5.93. The molecule has 6 heteroatoms. The van der Waals surface area contributed by atoms with Gasteiger partial charge in [-0.25, -0.2) is 0 Å². The van der Waals surface area contributed by atoms with Crippen molar-refractivity contribution in [3.63, 3.8) is 0 Å². The van der Waals surface area contributed by atoms with Gasteiger partial charge in [-0.15, -0.1) is 0 Å². The summed E-state index contributed by atoms with van der Waals surface area (Å²) in [6, 6.07) is 27.7. The average molecular weight is 498 g/mol. The van der Waals surface area contributed by atoms with Crippen molar-refractivity contribution in [2.45, 2.75) is 33.0 Å². The third-order valence-corrected chi connectivity index (χ3v) is 6.60. The largest absolute Gasteiger partial charge is 0.383 e. The van der Waals surface area contributed by atoms with Gasteiger partial charge in [0.1, 0.15) is 6.54 Å². The number of carbonyl (C=O) groups excluding carboxylic acids is 2. The van der Waals surface area contributed by atoms with Gasteiger partial charge in [0.05, 0.1) is 13.2 Å². The van der Waals surface area contributed by atoms with Crippen LogP contribution >= 0.6 is 0 Å². The standard InChI is InChI=1S/C31H35N3O3/c1-24(2)34(31(36)29-17-9-14-26-13-7-8-16-28(26)29)23-30(35)33(19-20-37-3)22-27-15-10-18-32(27)21-25-11-5-4-6-12-25/h4-18,24H,19-23H2,1-3H3. The molecule has 0 bridgehead atoms. The van der Waals surface area contributed by atoms with Gasteiger partial charge in [0.25, 0.3) is 5.91 Å². The van der Waals surface area contributed by atoms with Crippen molar-refractivity contribution in [2.75, 3.05) is 26.8 Å². The van der Waals surface area contributed by atoms with E-state index in [9.17, 15) is 9.59 Å². The third-order valence-electron chi connectivity index (χ3n) is 6.60. The number of methoxy groups -OCH3 is 1. The minimum atomic E-state index is -0.140. The maximum absolute atomic E-state index is 13.7. The summed E-state index contributed by atoms with van der Waals surface area (Å²) >= 11 is 0. The van der Waals surface area contributed by atoms with E-state index in [0.717, 1.165) is 23.0 Å². The Hall–Kier alpha value is -3.90. The molecule has 0 radical (unpaired) electrons. The predicted molar refractivity (Wildman–Crippen MR) is 147 cm³/mol. The number of aromatic nitrogens is 1. The van der Waals surface area contributed by atoms with Gasteiger partial charge >= 0.3 is 0 Å². The Morgan fingerprint density at radius 2 is 1.62 bits per heavy atom. The zero-order chi connectivity index (χ0) is 26.2. The predicted octanol–water partition coefficient (Wildman–Crippen LogP) is 5.22. The van der Waals surface area contributed by atoms with Crippen LogP contribution in [0, 0.1) is 0 Å². The number of benzene rings is 3. The number of amides is 2. The SMILES string of the molecule is COCCN(Cc1cccn1Cc1ccccc1)C(=O)CN(C(=O)c1cccc2ccccc12)C(C)C. The Morgan fingerprint density at radius 1 is 0.892 bits per heavy atom. The molecule has 4 aromatic rings. The number of nitrogens with zero attached hydrogens (tertiary/aromatic N) is 3. The lowest BCUT2D eigenvalue weighted by Crippen LogP contribution is -2.46. The highest BCUT2D eigenvalue weighted by atomic mass is 16.5. The molecule has 0 aliphatic heterocycles. The highest BCUT2D eigenvalue weighted by Crippen LogP contribution is 2.21. The van der Waals surface area contributed by atoms with E-state index in [0.29, 0.717) is 25.3 Å². The molecule has 0 unspecified atom stereocenters. The molecule has 0 aliphatic rings. The number of carbonyl (C=O) groups is 2. The molecule has 2 amide bonds. The van der Waals surface area contributed by atoms with Crippen LogP contribution in [0.3, 0.4) is 0 Å². The van der Waals surface area contributed by atoms with Crippen LogP contribution in [0.4, 0.5) is 0 Å². The molecule has 37 heavy (non-hydrogen) atoms. The van der Waals surface area contributed by atoms with E-state index in [4.69, 9.17) is 4.74 Å². The fourth-order valence-electron chi connectivity index (χ4n) is 4.52. The summed E-state index contributed by atoms with van der Waals surface area (Å²) in [5, 5.41) is 1.90. The molecule has 4 rings (SSSR count). The lowest BCUT2D eigenvalue weighted by Gasteiger charge is -2.30. The zero-order valence-corrected chi connectivity index (χ0v) is 21.8. The molecule has 0 saturated heterocycles. The van der Waals surface area contributed by atoms with Crippen LogP contribution < -0.4 is 0 Å². The first kappa shape index (κ1) is 26.2. The van der Waals surface area contributed by atoms with Gasteiger partial charge in [0.2, 0.25) is 5.91 Å². The van der Waals surface area contributed by atoms with Crippen molar-refractivity contribution in [3.8, 4) is 0 Å².